The lowest BCUT2D eigenvalue weighted by atomic mass is 10.0. The Kier molecular flexibility index (Phi) is 2.93. The first kappa shape index (κ1) is 10.1. The van der Waals surface area contributed by atoms with Crippen LogP contribution < -0.4 is 5.32 Å². The van der Waals surface area contributed by atoms with E-state index in [1.165, 1.54) is 12.8 Å². The Balaban J connectivity index is 1.74. The highest BCUT2D eigenvalue weighted by molar-refractivity contribution is 5.02. The van der Waals surface area contributed by atoms with Gasteiger partial charge in [-0.3, -0.25) is 0 Å². The van der Waals surface area contributed by atoms with Gasteiger partial charge in [0.25, 0.3) is 0 Å². The summed E-state index contributed by atoms with van der Waals surface area (Å²) in [6.45, 7) is 1.68. The summed E-state index contributed by atoms with van der Waals surface area (Å²) >= 11 is 0. The molecule has 0 aliphatic heterocycles. The van der Waals surface area contributed by atoms with Crippen LogP contribution >= 0.6 is 0 Å². The quantitative estimate of drug-likeness (QED) is 0.780. The SMILES string of the molecule is N#CCC1(CNCc2ccncn2)CC1. The first-order valence-corrected chi connectivity index (χ1v) is 5.17. The Morgan fingerprint density at radius 1 is 1.53 bits per heavy atom. The van der Waals surface area contributed by atoms with Gasteiger partial charge in [-0.1, -0.05) is 0 Å². The molecular weight excluding hydrogens is 188 g/mol. The Morgan fingerprint density at radius 2 is 2.40 bits per heavy atom. The zero-order valence-electron chi connectivity index (χ0n) is 8.61. The largest absolute Gasteiger partial charge is 0.311 e. The van der Waals surface area contributed by atoms with E-state index in [9.17, 15) is 0 Å². The standard InChI is InChI=1S/C11H14N4/c12-5-4-11(2-3-11)8-14-7-10-1-6-13-9-15-10/h1,6,9,14H,2-4,7-8H2. The average molecular weight is 202 g/mol. The van der Waals surface area contributed by atoms with E-state index in [0.717, 1.165) is 18.8 Å². The molecule has 0 unspecified atom stereocenters. The smallest absolute Gasteiger partial charge is 0.115 e. The summed E-state index contributed by atoms with van der Waals surface area (Å²) in [6, 6.07) is 4.15. The second-order valence-corrected chi connectivity index (χ2v) is 4.14. The van der Waals surface area contributed by atoms with Gasteiger partial charge in [0.2, 0.25) is 0 Å². The third-order valence-electron chi connectivity index (χ3n) is 2.86. The molecule has 4 heteroatoms. The summed E-state index contributed by atoms with van der Waals surface area (Å²) in [5.74, 6) is 0. The molecule has 0 bridgehead atoms. The lowest BCUT2D eigenvalue weighted by Crippen LogP contribution is -2.23. The minimum Gasteiger partial charge on any atom is -0.311 e. The van der Waals surface area contributed by atoms with Crippen molar-refractivity contribution < 1.29 is 0 Å². The number of hydrogen-bond donors (Lipinski definition) is 1. The van der Waals surface area contributed by atoms with Crippen molar-refractivity contribution in [3.05, 3.63) is 24.3 Å². The van der Waals surface area contributed by atoms with Crippen LogP contribution in [0.1, 0.15) is 25.0 Å². The Bertz CT molecular complexity index is 351. The first-order chi connectivity index (χ1) is 7.35. The summed E-state index contributed by atoms with van der Waals surface area (Å²) < 4.78 is 0. The molecule has 4 nitrogen and oxygen atoms in total. The second kappa shape index (κ2) is 4.37. The van der Waals surface area contributed by atoms with Crippen molar-refractivity contribution in [1.29, 1.82) is 5.26 Å². The first-order valence-electron chi connectivity index (χ1n) is 5.17. The van der Waals surface area contributed by atoms with E-state index in [4.69, 9.17) is 5.26 Å². The predicted octanol–water partition coefficient (Wildman–Crippen LogP) is 1.26. The van der Waals surface area contributed by atoms with Gasteiger partial charge in [0.1, 0.15) is 6.33 Å². The Labute approximate surface area is 89.4 Å². The molecular formula is C11H14N4. The topological polar surface area (TPSA) is 61.6 Å². The highest BCUT2D eigenvalue weighted by Crippen LogP contribution is 2.47. The van der Waals surface area contributed by atoms with Gasteiger partial charge in [0.05, 0.1) is 11.8 Å². The van der Waals surface area contributed by atoms with Gasteiger partial charge < -0.3 is 5.32 Å². The van der Waals surface area contributed by atoms with Crippen LogP contribution in [-0.4, -0.2) is 16.5 Å². The molecule has 1 saturated carbocycles. The molecule has 0 radical (unpaired) electrons. The summed E-state index contributed by atoms with van der Waals surface area (Å²) in [7, 11) is 0. The van der Waals surface area contributed by atoms with Crippen molar-refractivity contribution in [3.63, 3.8) is 0 Å². The van der Waals surface area contributed by atoms with E-state index < -0.39 is 0 Å². The van der Waals surface area contributed by atoms with Gasteiger partial charge in [0, 0.05) is 25.7 Å². The monoisotopic (exact) mass is 202 g/mol. The molecule has 0 saturated heterocycles. The average Bonchev–Trinajstić information content (AvgIpc) is 3.00. The molecule has 0 amide bonds. The fourth-order valence-electron chi connectivity index (χ4n) is 1.64. The normalized spacial score (nSPS) is 17.0. The maximum absolute atomic E-state index is 8.66. The number of nitrogens with one attached hydrogen (secondary N) is 1. The van der Waals surface area contributed by atoms with E-state index in [1.54, 1.807) is 12.5 Å². The number of hydrogen-bond acceptors (Lipinski definition) is 4. The summed E-state index contributed by atoms with van der Waals surface area (Å²) in [5, 5.41) is 12.0. The molecule has 1 heterocycles. The maximum atomic E-state index is 8.66. The van der Waals surface area contributed by atoms with Gasteiger partial charge in [-0.15, -0.1) is 0 Å². The summed E-state index contributed by atoms with van der Waals surface area (Å²) in [5.41, 5.74) is 1.26. The third kappa shape index (κ3) is 2.74. The van der Waals surface area contributed by atoms with Crippen molar-refractivity contribution in [2.45, 2.75) is 25.8 Å². The van der Waals surface area contributed by atoms with Gasteiger partial charge in [-0.2, -0.15) is 5.26 Å². The number of nitrogens with zero attached hydrogens (tertiary/aromatic N) is 3. The Hall–Kier alpha value is -1.47. The fourth-order valence-corrected chi connectivity index (χ4v) is 1.64. The van der Waals surface area contributed by atoms with Crippen molar-refractivity contribution in [2.75, 3.05) is 6.54 Å². The zero-order chi connectivity index (χ0) is 10.6. The van der Waals surface area contributed by atoms with Crippen LogP contribution in [0, 0.1) is 16.7 Å². The van der Waals surface area contributed by atoms with E-state index in [0.29, 0.717) is 6.42 Å². The van der Waals surface area contributed by atoms with Crippen molar-refractivity contribution in [1.82, 2.24) is 15.3 Å². The van der Waals surface area contributed by atoms with E-state index in [2.05, 4.69) is 21.4 Å². The lowest BCUT2D eigenvalue weighted by Gasteiger charge is -2.11. The highest BCUT2D eigenvalue weighted by Gasteiger charge is 2.41. The molecule has 1 aliphatic carbocycles. The van der Waals surface area contributed by atoms with E-state index in [1.807, 2.05) is 6.07 Å². The molecule has 1 fully saturated rings. The van der Waals surface area contributed by atoms with Gasteiger partial charge in [-0.05, 0) is 24.3 Å². The Morgan fingerprint density at radius 3 is 3.00 bits per heavy atom. The highest BCUT2D eigenvalue weighted by atomic mass is 14.9. The number of aromatic nitrogens is 2. The summed E-state index contributed by atoms with van der Waals surface area (Å²) in [6.07, 6.45) is 6.32. The number of nitriles is 1. The minimum atomic E-state index is 0.266. The molecule has 78 valence electrons. The van der Waals surface area contributed by atoms with Crippen LogP contribution in [0.15, 0.2) is 18.6 Å². The number of rotatable bonds is 5. The third-order valence-corrected chi connectivity index (χ3v) is 2.86. The van der Waals surface area contributed by atoms with Crippen LogP contribution in [-0.2, 0) is 6.54 Å². The van der Waals surface area contributed by atoms with Crippen LogP contribution in [0.25, 0.3) is 0 Å². The molecule has 1 aliphatic rings. The van der Waals surface area contributed by atoms with Gasteiger partial charge in [-0.25, -0.2) is 9.97 Å². The van der Waals surface area contributed by atoms with Gasteiger partial charge in [0.15, 0.2) is 0 Å². The molecule has 0 atom stereocenters. The van der Waals surface area contributed by atoms with E-state index >= 15 is 0 Å². The summed E-state index contributed by atoms with van der Waals surface area (Å²) in [4.78, 5) is 7.99. The van der Waals surface area contributed by atoms with Crippen LogP contribution in [0.3, 0.4) is 0 Å². The molecule has 2 rings (SSSR count). The fraction of sp³-hybridized carbons (Fsp3) is 0.545. The molecule has 1 aromatic heterocycles. The minimum absolute atomic E-state index is 0.266. The molecule has 15 heavy (non-hydrogen) atoms. The van der Waals surface area contributed by atoms with Crippen molar-refractivity contribution in [3.8, 4) is 6.07 Å². The van der Waals surface area contributed by atoms with Gasteiger partial charge >= 0.3 is 0 Å². The molecule has 1 aromatic rings. The van der Waals surface area contributed by atoms with Crippen LogP contribution in [0.2, 0.25) is 0 Å². The maximum Gasteiger partial charge on any atom is 0.115 e. The van der Waals surface area contributed by atoms with Crippen LogP contribution in [0.4, 0.5) is 0 Å². The second-order valence-electron chi connectivity index (χ2n) is 4.14. The zero-order valence-corrected chi connectivity index (χ0v) is 8.61. The molecule has 0 spiro atoms. The predicted molar refractivity (Wildman–Crippen MR) is 55.6 cm³/mol. The van der Waals surface area contributed by atoms with Crippen molar-refractivity contribution >= 4 is 0 Å². The van der Waals surface area contributed by atoms with E-state index in [-0.39, 0.29) is 5.41 Å². The molecule has 0 aromatic carbocycles. The molecule has 1 N–H and O–H groups in total. The lowest BCUT2D eigenvalue weighted by molar-refractivity contribution is 0.464. The van der Waals surface area contributed by atoms with Crippen molar-refractivity contribution in [2.24, 2.45) is 5.41 Å². The van der Waals surface area contributed by atoms with Crippen LogP contribution in [0.5, 0.6) is 0 Å².